The smallest absolute Gasteiger partial charge is 0.320 e. The molecule has 2 N–H and O–H groups in total. The summed E-state index contributed by atoms with van der Waals surface area (Å²) in [6.45, 7) is 10.5. The molecule has 2 aromatic carbocycles. The third-order valence-electron chi connectivity index (χ3n) is 7.46. The molecule has 2 heterocycles. The first-order valence-corrected chi connectivity index (χ1v) is 14.5. The Morgan fingerprint density at radius 1 is 1.12 bits per heavy atom. The minimum Gasteiger partial charge on any atom is -0.372 e. The molecular formula is C32H42F3N5O2. The van der Waals surface area contributed by atoms with Crippen molar-refractivity contribution in [1.29, 1.82) is 0 Å². The highest BCUT2D eigenvalue weighted by molar-refractivity contribution is 5.75. The van der Waals surface area contributed by atoms with Gasteiger partial charge in [-0.2, -0.15) is 0 Å². The second-order valence-electron chi connectivity index (χ2n) is 12.3. The van der Waals surface area contributed by atoms with Crippen molar-refractivity contribution in [2.45, 2.75) is 71.9 Å². The van der Waals surface area contributed by atoms with E-state index in [4.69, 9.17) is 15.5 Å². The molecule has 2 amide bonds. The number of ether oxygens (including phenoxy) is 1. The molecule has 10 heteroatoms. The molecule has 1 aliphatic heterocycles. The van der Waals surface area contributed by atoms with Gasteiger partial charge in [-0.15, -0.1) is 0 Å². The number of carbonyl (C=O) groups excluding carboxylic acids is 1. The van der Waals surface area contributed by atoms with Gasteiger partial charge >= 0.3 is 6.03 Å². The summed E-state index contributed by atoms with van der Waals surface area (Å²) in [7, 11) is 0. The van der Waals surface area contributed by atoms with Crippen molar-refractivity contribution in [1.82, 2.24) is 19.4 Å². The van der Waals surface area contributed by atoms with Gasteiger partial charge in [-0.05, 0) is 49.4 Å². The van der Waals surface area contributed by atoms with E-state index in [-0.39, 0.29) is 42.5 Å². The second-order valence-corrected chi connectivity index (χ2v) is 12.3. The summed E-state index contributed by atoms with van der Waals surface area (Å²) in [6.07, 6.45) is 1.65. The Morgan fingerprint density at radius 3 is 2.40 bits per heavy atom. The zero-order valence-electron chi connectivity index (χ0n) is 25.1. The zero-order chi connectivity index (χ0) is 30.6. The van der Waals surface area contributed by atoms with Gasteiger partial charge < -0.3 is 24.8 Å². The molecular weight excluding hydrogens is 543 g/mol. The molecule has 4 rings (SSSR count). The van der Waals surface area contributed by atoms with Crippen LogP contribution in [-0.4, -0.2) is 69.9 Å². The fourth-order valence-electron chi connectivity index (χ4n) is 5.61. The van der Waals surface area contributed by atoms with Crippen LogP contribution in [-0.2, 0) is 11.3 Å². The Labute approximate surface area is 246 Å². The number of morpholine rings is 1. The minimum absolute atomic E-state index is 0.0314. The lowest BCUT2D eigenvalue weighted by atomic mass is 9.84. The number of benzene rings is 2. The lowest BCUT2D eigenvalue weighted by Crippen LogP contribution is -2.55. The van der Waals surface area contributed by atoms with Gasteiger partial charge in [0, 0.05) is 44.0 Å². The van der Waals surface area contributed by atoms with Crippen molar-refractivity contribution in [3.8, 4) is 11.3 Å². The van der Waals surface area contributed by atoms with E-state index in [1.165, 1.54) is 0 Å². The Morgan fingerprint density at radius 2 is 1.79 bits per heavy atom. The van der Waals surface area contributed by atoms with Gasteiger partial charge in [-0.3, -0.25) is 0 Å². The average molecular weight is 586 g/mol. The third-order valence-corrected chi connectivity index (χ3v) is 7.46. The number of halogens is 3. The number of amides is 2. The molecule has 228 valence electrons. The molecule has 0 unspecified atom stereocenters. The van der Waals surface area contributed by atoms with Crippen LogP contribution in [0.1, 0.15) is 58.5 Å². The lowest BCUT2D eigenvalue weighted by molar-refractivity contribution is -0.0613. The third kappa shape index (κ3) is 7.52. The van der Waals surface area contributed by atoms with Crippen molar-refractivity contribution >= 4 is 6.03 Å². The van der Waals surface area contributed by atoms with Crippen LogP contribution in [0.3, 0.4) is 0 Å². The van der Waals surface area contributed by atoms with Crippen LogP contribution < -0.4 is 5.73 Å². The second kappa shape index (κ2) is 13.3. The van der Waals surface area contributed by atoms with Crippen LogP contribution in [0, 0.1) is 17.0 Å². The molecule has 1 saturated heterocycles. The minimum atomic E-state index is -0.732. The van der Waals surface area contributed by atoms with Crippen LogP contribution in [0.2, 0.25) is 0 Å². The van der Waals surface area contributed by atoms with Crippen molar-refractivity contribution in [2.75, 3.05) is 26.3 Å². The van der Waals surface area contributed by atoms with Crippen molar-refractivity contribution in [2.24, 2.45) is 11.1 Å². The molecule has 0 aliphatic carbocycles. The molecule has 1 fully saturated rings. The van der Waals surface area contributed by atoms with E-state index in [1.807, 2.05) is 69.5 Å². The van der Waals surface area contributed by atoms with Crippen molar-refractivity contribution in [3.63, 3.8) is 0 Å². The number of hydrogen-bond acceptors (Lipinski definition) is 4. The molecule has 3 aromatic rings. The Kier molecular flexibility index (Phi) is 9.99. The predicted octanol–water partition coefficient (Wildman–Crippen LogP) is 6.18. The highest BCUT2D eigenvalue weighted by Gasteiger charge is 2.41. The maximum atomic E-state index is 15.0. The molecule has 42 heavy (non-hydrogen) atoms. The standard InChI is InChI=1S/C32H42F3N5O2/c1-21-17-39(18-22(2)42-21)31(41)40(14-13-25(36)16-33)29(32(3,4)5)30-37-28(26-15-24(34)11-12-27(26)35)20-38(30)19-23-9-7-6-8-10-23/h6-12,15,20-22,25,29H,13-14,16-19,36H2,1-5H3/t21-,22+,25-,29+/m1/s1. The van der Waals surface area contributed by atoms with Crippen LogP contribution >= 0.6 is 0 Å². The summed E-state index contributed by atoms with van der Waals surface area (Å²) in [5.41, 5.74) is 6.70. The maximum Gasteiger partial charge on any atom is 0.320 e. The Balaban J connectivity index is 1.86. The molecule has 7 nitrogen and oxygen atoms in total. The first kappa shape index (κ1) is 31.6. The lowest BCUT2D eigenvalue weighted by Gasteiger charge is -2.44. The van der Waals surface area contributed by atoms with Crippen LogP contribution in [0.25, 0.3) is 11.3 Å². The van der Waals surface area contributed by atoms with Crippen LogP contribution in [0.4, 0.5) is 18.0 Å². The largest absolute Gasteiger partial charge is 0.372 e. The quantitative estimate of drug-likeness (QED) is 0.325. The van der Waals surface area contributed by atoms with E-state index in [0.29, 0.717) is 25.5 Å². The topological polar surface area (TPSA) is 76.6 Å². The van der Waals surface area contributed by atoms with Gasteiger partial charge in [0.1, 0.15) is 24.1 Å². The maximum absolute atomic E-state index is 15.0. The van der Waals surface area contributed by atoms with Gasteiger partial charge in [0.2, 0.25) is 0 Å². The fourth-order valence-corrected chi connectivity index (χ4v) is 5.61. The van der Waals surface area contributed by atoms with E-state index >= 15 is 0 Å². The number of nitrogens with two attached hydrogens (primary N) is 1. The zero-order valence-corrected chi connectivity index (χ0v) is 25.1. The number of imidazole rings is 1. The molecule has 0 saturated carbocycles. The highest BCUT2D eigenvalue weighted by atomic mass is 19.1. The molecule has 0 bridgehead atoms. The van der Waals surface area contributed by atoms with Gasteiger partial charge in [-0.1, -0.05) is 51.1 Å². The molecule has 0 radical (unpaired) electrons. The van der Waals surface area contributed by atoms with Crippen molar-refractivity contribution < 1.29 is 22.7 Å². The summed E-state index contributed by atoms with van der Waals surface area (Å²) in [5, 5.41) is 0. The summed E-state index contributed by atoms with van der Waals surface area (Å²) < 4.78 is 50.4. The number of urea groups is 1. The number of rotatable bonds is 9. The van der Waals surface area contributed by atoms with Gasteiger partial charge in [0.25, 0.3) is 0 Å². The monoisotopic (exact) mass is 585 g/mol. The SMILES string of the molecule is C[C@@H]1CN(C(=O)N(CC[C@@H](N)CF)[C@@H](c2nc(-c3cc(F)ccc3F)cn2Cc2ccccc2)C(C)(C)C)C[C@H](C)O1. The summed E-state index contributed by atoms with van der Waals surface area (Å²) in [4.78, 5) is 22.7. The van der Waals surface area contributed by atoms with Gasteiger partial charge in [0.05, 0.1) is 23.9 Å². The highest BCUT2D eigenvalue weighted by Crippen LogP contribution is 2.40. The predicted molar refractivity (Wildman–Crippen MR) is 158 cm³/mol. The van der Waals surface area contributed by atoms with Crippen LogP contribution in [0.5, 0.6) is 0 Å². The molecule has 1 aliphatic rings. The summed E-state index contributed by atoms with van der Waals surface area (Å²) in [6, 6.07) is 11.4. The van der Waals surface area contributed by atoms with Crippen LogP contribution in [0.15, 0.2) is 54.7 Å². The van der Waals surface area contributed by atoms with E-state index in [9.17, 15) is 18.0 Å². The van der Waals surface area contributed by atoms with E-state index in [0.717, 1.165) is 23.8 Å². The Bertz CT molecular complexity index is 1330. The molecule has 1 aromatic heterocycles. The number of nitrogens with zero attached hydrogens (tertiary/aromatic N) is 4. The normalized spacial score (nSPS) is 19.0. The molecule has 4 atom stereocenters. The van der Waals surface area contributed by atoms with Gasteiger partial charge in [0.15, 0.2) is 0 Å². The van der Waals surface area contributed by atoms with Gasteiger partial charge in [-0.25, -0.2) is 22.9 Å². The average Bonchev–Trinajstić information content (AvgIpc) is 3.33. The van der Waals surface area contributed by atoms with E-state index < -0.39 is 35.8 Å². The fraction of sp³-hybridized carbons (Fsp3) is 0.500. The number of carbonyl (C=O) groups is 1. The Hall–Kier alpha value is -3.37. The molecule has 0 spiro atoms. The summed E-state index contributed by atoms with van der Waals surface area (Å²) >= 11 is 0. The van der Waals surface area contributed by atoms with E-state index in [1.54, 1.807) is 16.0 Å². The number of aromatic nitrogens is 2. The number of hydrogen-bond donors (Lipinski definition) is 1. The number of alkyl halides is 1. The van der Waals surface area contributed by atoms with Crippen molar-refractivity contribution in [3.05, 3.63) is 77.8 Å². The first-order chi connectivity index (χ1) is 19.9. The summed E-state index contributed by atoms with van der Waals surface area (Å²) in [5.74, 6) is -0.662. The first-order valence-electron chi connectivity index (χ1n) is 14.5. The van der Waals surface area contributed by atoms with E-state index in [2.05, 4.69) is 0 Å².